The summed E-state index contributed by atoms with van der Waals surface area (Å²) in [6.07, 6.45) is 0.657. The van der Waals surface area contributed by atoms with Crippen molar-refractivity contribution in [2.24, 2.45) is 0 Å². The Morgan fingerprint density at radius 1 is 1.27 bits per heavy atom. The van der Waals surface area contributed by atoms with Crippen LogP contribution in [0.4, 0.5) is 0 Å². The molecule has 0 bridgehead atoms. The normalized spacial score (nSPS) is 11.7. The van der Waals surface area contributed by atoms with Crippen molar-refractivity contribution >= 4 is 27.8 Å². The van der Waals surface area contributed by atoms with Crippen LogP contribution in [0.1, 0.15) is 30.6 Å². The highest BCUT2D eigenvalue weighted by atomic mass is 79.9. The van der Waals surface area contributed by atoms with E-state index in [1.807, 2.05) is 13.8 Å². The lowest BCUT2D eigenvalue weighted by Gasteiger charge is -2.27. The molecule has 0 aliphatic carbocycles. The minimum Gasteiger partial charge on any atom is -0.495 e. The minimum absolute atomic E-state index is 0.191. The van der Waals surface area contributed by atoms with E-state index in [1.165, 1.54) is 19.1 Å². The van der Waals surface area contributed by atoms with Crippen molar-refractivity contribution in [3.05, 3.63) is 22.2 Å². The van der Waals surface area contributed by atoms with Crippen molar-refractivity contribution in [1.29, 1.82) is 0 Å². The van der Waals surface area contributed by atoms with Crippen molar-refractivity contribution in [2.45, 2.75) is 26.3 Å². The fourth-order valence-corrected chi connectivity index (χ4v) is 2.51. The van der Waals surface area contributed by atoms with E-state index in [0.29, 0.717) is 28.0 Å². The molecule has 0 saturated carbocycles. The number of carboxylic acids is 1. The SMILES string of the molecule is CCC(C)N(CC(=O)O)C(=O)c1cc(OC)c(Br)c(OC)c1. The van der Waals surface area contributed by atoms with Crippen molar-refractivity contribution in [3.63, 3.8) is 0 Å². The lowest BCUT2D eigenvalue weighted by Crippen LogP contribution is -2.41. The van der Waals surface area contributed by atoms with Crippen LogP contribution in [0.5, 0.6) is 11.5 Å². The number of carbonyl (C=O) groups is 2. The molecule has 22 heavy (non-hydrogen) atoms. The number of carbonyl (C=O) groups excluding carboxylic acids is 1. The largest absolute Gasteiger partial charge is 0.495 e. The van der Waals surface area contributed by atoms with Crippen LogP contribution in [0.15, 0.2) is 16.6 Å². The smallest absolute Gasteiger partial charge is 0.323 e. The number of ether oxygens (including phenoxy) is 2. The molecule has 1 unspecified atom stereocenters. The van der Waals surface area contributed by atoms with Crippen LogP contribution in [0, 0.1) is 0 Å². The summed E-state index contributed by atoms with van der Waals surface area (Å²) >= 11 is 3.34. The third-order valence-corrected chi connectivity index (χ3v) is 4.16. The van der Waals surface area contributed by atoms with Gasteiger partial charge in [0.2, 0.25) is 0 Å². The van der Waals surface area contributed by atoms with Gasteiger partial charge in [-0.05, 0) is 41.4 Å². The Morgan fingerprint density at radius 3 is 2.14 bits per heavy atom. The van der Waals surface area contributed by atoms with E-state index in [9.17, 15) is 9.59 Å². The number of hydrogen-bond donors (Lipinski definition) is 1. The topological polar surface area (TPSA) is 76.1 Å². The number of carboxylic acid groups (broad SMARTS) is 1. The molecule has 122 valence electrons. The van der Waals surface area contributed by atoms with Gasteiger partial charge in [-0.25, -0.2) is 0 Å². The predicted molar refractivity (Wildman–Crippen MR) is 85.7 cm³/mol. The highest BCUT2D eigenvalue weighted by molar-refractivity contribution is 9.10. The minimum atomic E-state index is -1.05. The molecule has 0 radical (unpaired) electrons. The first-order valence-electron chi connectivity index (χ1n) is 6.79. The van der Waals surface area contributed by atoms with Gasteiger partial charge in [-0.2, -0.15) is 0 Å². The van der Waals surface area contributed by atoms with Crippen LogP contribution in [0.2, 0.25) is 0 Å². The second kappa shape index (κ2) is 8.03. The molecule has 0 spiro atoms. The summed E-state index contributed by atoms with van der Waals surface area (Å²) in [5.41, 5.74) is 0.318. The van der Waals surface area contributed by atoms with E-state index in [4.69, 9.17) is 14.6 Å². The lowest BCUT2D eigenvalue weighted by molar-refractivity contribution is -0.138. The average Bonchev–Trinajstić information content (AvgIpc) is 2.51. The summed E-state index contributed by atoms with van der Waals surface area (Å²) < 4.78 is 11.0. The summed E-state index contributed by atoms with van der Waals surface area (Å²) in [7, 11) is 2.97. The fourth-order valence-electron chi connectivity index (χ4n) is 1.95. The molecule has 0 aliphatic heterocycles. The number of nitrogens with zero attached hydrogens (tertiary/aromatic N) is 1. The Labute approximate surface area is 138 Å². The summed E-state index contributed by atoms with van der Waals surface area (Å²) in [5, 5.41) is 9.02. The molecule has 0 aliphatic rings. The second-order valence-electron chi connectivity index (χ2n) is 4.78. The van der Waals surface area contributed by atoms with Gasteiger partial charge in [-0.3, -0.25) is 9.59 Å². The first-order chi connectivity index (χ1) is 10.3. The number of benzene rings is 1. The van der Waals surface area contributed by atoms with Crippen LogP contribution in [-0.4, -0.2) is 48.7 Å². The van der Waals surface area contributed by atoms with Gasteiger partial charge in [-0.1, -0.05) is 6.92 Å². The Kier molecular flexibility index (Phi) is 6.67. The van der Waals surface area contributed by atoms with Crippen LogP contribution in [-0.2, 0) is 4.79 Å². The van der Waals surface area contributed by atoms with Crippen molar-refractivity contribution in [3.8, 4) is 11.5 Å². The second-order valence-corrected chi connectivity index (χ2v) is 5.57. The van der Waals surface area contributed by atoms with Gasteiger partial charge < -0.3 is 19.5 Å². The molecular weight excluding hydrogens is 354 g/mol. The molecular formula is C15H20BrNO5. The predicted octanol–water partition coefficient (Wildman–Crippen LogP) is 2.79. The molecule has 0 saturated heterocycles. The first-order valence-corrected chi connectivity index (χ1v) is 7.59. The Morgan fingerprint density at radius 2 is 1.77 bits per heavy atom. The quantitative estimate of drug-likeness (QED) is 0.794. The van der Waals surface area contributed by atoms with Crippen LogP contribution < -0.4 is 9.47 Å². The van der Waals surface area contributed by atoms with E-state index in [-0.39, 0.29) is 18.5 Å². The Bertz CT molecular complexity index is 536. The molecule has 1 aromatic rings. The van der Waals surface area contributed by atoms with Gasteiger partial charge >= 0.3 is 5.97 Å². The molecule has 0 aromatic heterocycles. The van der Waals surface area contributed by atoms with Gasteiger partial charge in [0.1, 0.15) is 22.5 Å². The highest BCUT2D eigenvalue weighted by Crippen LogP contribution is 2.36. The average molecular weight is 374 g/mol. The number of hydrogen-bond acceptors (Lipinski definition) is 4. The maximum absolute atomic E-state index is 12.7. The van der Waals surface area contributed by atoms with Gasteiger partial charge in [0, 0.05) is 11.6 Å². The molecule has 6 nitrogen and oxygen atoms in total. The molecule has 0 fully saturated rings. The number of halogens is 1. The van der Waals surface area contributed by atoms with Gasteiger partial charge in [0.05, 0.1) is 14.2 Å². The fraction of sp³-hybridized carbons (Fsp3) is 0.467. The van der Waals surface area contributed by atoms with E-state index in [1.54, 1.807) is 12.1 Å². The van der Waals surface area contributed by atoms with E-state index < -0.39 is 5.97 Å². The molecule has 0 heterocycles. The zero-order valence-corrected chi connectivity index (χ0v) is 14.6. The molecule has 1 amide bonds. The number of methoxy groups -OCH3 is 2. The van der Waals surface area contributed by atoms with Crippen LogP contribution in [0.25, 0.3) is 0 Å². The maximum atomic E-state index is 12.7. The van der Waals surface area contributed by atoms with Crippen molar-refractivity contribution < 1.29 is 24.2 Å². The van der Waals surface area contributed by atoms with Gasteiger partial charge in [0.15, 0.2) is 0 Å². The molecule has 1 aromatic carbocycles. The monoisotopic (exact) mass is 373 g/mol. The van der Waals surface area contributed by atoms with Gasteiger partial charge in [-0.15, -0.1) is 0 Å². The number of rotatable bonds is 7. The first kappa shape index (κ1) is 18.3. The summed E-state index contributed by atoms with van der Waals surface area (Å²) in [4.78, 5) is 25.0. The van der Waals surface area contributed by atoms with Gasteiger partial charge in [0.25, 0.3) is 5.91 Å². The molecule has 7 heteroatoms. The maximum Gasteiger partial charge on any atom is 0.323 e. The third-order valence-electron chi connectivity index (χ3n) is 3.38. The van der Waals surface area contributed by atoms with Crippen molar-refractivity contribution in [1.82, 2.24) is 4.90 Å². The molecule has 1 atom stereocenters. The van der Waals surface area contributed by atoms with E-state index in [2.05, 4.69) is 15.9 Å². The number of amides is 1. The van der Waals surface area contributed by atoms with Crippen molar-refractivity contribution in [2.75, 3.05) is 20.8 Å². The molecule has 1 N–H and O–H groups in total. The standard InChI is InChI=1S/C15H20BrNO5/c1-5-9(2)17(8-13(18)19)15(20)10-6-11(21-3)14(16)12(7-10)22-4/h6-7,9H,5,8H2,1-4H3,(H,18,19). The van der Waals surface area contributed by atoms with E-state index in [0.717, 1.165) is 0 Å². The summed E-state index contributed by atoms with van der Waals surface area (Å²) in [6, 6.07) is 2.93. The lowest BCUT2D eigenvalue weighted by atomic mass is 10.1. The van der Waals surface area contributed by atoms with E-state index >= 15 is 0 Å². The Balaban J connectivity index is 3.26. The Hall–Kier alpha value is -1.76. The zero-order valence-electron chi connectivity index (χ0n) is 13.1. The molecule has 1 rings (SSSR count). The van der Waals surface area contributed by atoms with Crippen LogP contribution in [0.3, 0.4) is 0 Å². The summed E-state index contributed by atoms with van der Waals surface area (Å²) in [5.74, 6) is -0.533. The zero-order chi connectivity index (χ0) is 16.9. The highest BCUT2D eigenvalue weighted by Gasteiger charge is 2.24. The number of aliphatic carboxylic acids is 1. The summed E-state index contributed by atoms with van der Waals surface area (Å²) in [6.45, 7) is 3.36. The third kappa shape index (κ3) is 4.13. The van der Waals surface area contributed by atoms with Crippen LogP contribution >= 0.6 is 15.9 Å².